The minimum Gasteiger partial charge on any atom is -0.368 e. The van der Waals surface area contributed by atoms with Crippen molar-refractivity contribution in [2.24, 2.45) is 5.92 Å². The molecule has 0 radical (unpaired) electrons. The summed E-state index contributed by atoms with van der Waals surface area (Å²) in [5.74, 6) is 6.79. The van der Waals surface area contributed by atoms with Gasteiger partial charge in [-0.25, -0.2) is 0 Å². The van der Waals surface area contributed by atoms with Crippen LogP contribution >= 0.6 is 0 Å². The summed E-state index contributed by atoms with van der Waals surface area (Å²) in [5.41, 5.74) is 1.05. The number of nitrogens with one attached hydrogen (secondary N) is 1. The summed E-state index contributed by atoms with van der Waals surface area (Å²) in [6, 6.07) is 10.0. The van der Waals surface area contributed by atoms with Crippen molar-refractivity contribution in [2.75, 3.05) is 26.3 Å². The Labute approximate surface area is 97.0 Å². The quantitative estimate of drug-likeness (QED) is 0.611. The smallest absolute Gasteiger partial charge is 0.108 e. The van der Waals surface area contributed by atoms with Gasteiger partial charge in [0, 0.05) is 12.1 Å². The summed E-state index contributed by atoms with van der Waals surface area (Å²) in [6.07, 6.45) is 1.23. The molecule has 1 aliphatic rings. The first-order valence-electron chi connectivity index (χ1n) is 5.77. The van der Waals surface area contributed by atoms with Gasteiger partial charge in [-0.1, -0.05) is 30.0 Å². The number of rotatable bonds is 3. The van der Waals surface area contributed by atoms with Crippen molar-refractivity contribution in [3.8, 4) is 11.8 Å². The number of benzene rings is 1. The van der Waals surface area contributed by atoms with E-state index in [9.17, 15) is 0 Å². The summed E-state index contributed by atoms with van der Waals surface area (Å²) >= 11 is 0. The second-order valence-electron chi connectivity index (χ2n) is 4.04. The van der Waals surface area contributed by atoms with Gasteiger partial charge >= 0.3 is 0 Å². The van der Waals surface area contributed by atoms with E-state index in [1.165, 1.54) is 6.42 Å². The van der Waals surface area contributed by atoms with Gasteiger partial charge in [-0.15, -0.1) is 0 Å². The van der Waals surface area contributed by atoms with Crippen LogP contribution in [0, 0.1) is 17.8 Å². The van der Waals surface area contributed by atoms with Crippen LogP contribution in [0.2, 0.25) is 0 Å². The van der Waals surface area contributed by atoms with Gasteiger partial charge in [-0.05, 0) is 31.0 Å². The molecule has 0 spiro atoms. The molecule has 16 heavy (non-hydrogen) atoms. The van der Waals surface area contributed by atoms with Crippen LogP contribution in [0.1, 0.15) is 12.0 Å². The largest absolute Gasteiger partial charge is 0.368 e. The minimum absolute atomic E-state index is 0.533. The molecular weight excluding hydrogens is 198 g/mol. The van der Waals surface area contributed by atoms with E-state index < -0.39 is 0 Å². The molecular formula is C14H17NO. The van der Waals surface area contributed by atoms with E-state index in [1.807, 2.05) is 30.3 Å². The minimum atomic E-state index is 0.533. The Morgan fingerprint density at radius 2 is 2.19 bits per heavy atom. The van der Waals surface area contributed by atoms with Crippen molar-refractivity contribution in [2.45, 2.75) is 6.42 Å². The molecule has 84 valence electrons. The molecule has 1 fully saturated rings. The summed E-state index contributed by atoms with van der Waals surface area (Å²) in [7, 11) is 0. The van der Waals surface area contributed by atoms with Crippen LogP contribution in [0.15, 0.2) is 30.3 Å². The molecule has 1 aromatic rings. The number of ether oxygens (including phenoxy) is 1. The molecule has 0 amide bonds. The monoisotopic (exact) mass is 215 g/mol. The van der Waals surface area contributed by atoms with E-state index in [0.29, 0.717) is 12.5 Å². The summed E-state index contributed by atoms with van der Waals surface area (Å²) < 4.78 is 5.53. The molecule has 1 aromatic carbocycles. The molecule has 2 nitrogen and oxygen atoms in total. The third kappa shape index (κ3) is 3.69. The first-order chi connectivity index (χ1) is 7.95. The fourth-order valence-corrected chi connectivity index (χ4v) is 1.79. The highest BCUT2D eigenvalue weighted by atomic mass is 16.5. The average Bonchev–Trinajstić information content (AvgIpc) is 2.83. The van der Waals surface area contributed by atoms with E-state index in [2.05, 4.69) is 17.2 Å². The van der Waals surface area contributed by atoms with E-state index in [0.717, 1.165) is 25.3 Å². The predicted octanol–water partition coefficient (Wildman–Crippen LogP) is 1.66. The van der Waals surface area contributed by atoms with Crippen LogP contribution < -0.4 is 5.32 Å². The molecule has 1 saturated heterocycles. The number of hydrogen-bond acceptors (Lipinski definition) is 2. The Balaban J connectivity index is 1.66. The molecule has 0 saturated carbocycles. The van der Waals surface area contributed by atoms with Crippen LogP contribution in [0.5, 0.6) is 0 Å². The third-order valence-electron chi connectivity index (χ3n) is 2.70. The Morgan fingerprint density at radius 1 is 1.31 bits per heavy atom. The van der Waals surface area contributed by atoms with E-state index >= 15 is 0 Å². The second kappa shape index (κ2) is 6.32. The SMILES string of the molecule is C(#Cc1ccccc1)COCC1CCNC1. The molecule has 1 atom stereocenters. The van der Waals surface area contributed by atoms with Gasteiger partial charge in [0.25, 0.3) is 0 Å². The third-order valence-corrected chi connectivity index (χ3v) is 2.70. The highest BCUT2D eigenvalue weighted by Crippen LogP contribution is 2.06. The molecule has 0 aromatic heterocycles. The Kier molecular flexibility index (Phi) is 4.42. The van der Waals surface area contributed by atoms with Crippen molar-refractivity contribution < 1.29 is 4.74 Å². The lowest BCUT2D eigenvalue weighted by Crippen LogP contribution is -2.13. The van der Waals surface area contributed by atoms with Crippen molar-refractivity contribution in [3.63, 3.8) is 0 Å². The van der Waals surface area contributed by atoms with Crippen LogP contribution in [-0.4, -0.2) is 26.3 Å². The van der Waals surface area contributed by atoms with Gasteiger partial charge in [0.1, 0.15) is 6.61 Å². The molecule has 2 heteroatoms. The highest BCUT2D eigenvalue weighted by molar-refractivity contribution is 5.33. The molecule has 1 N–H and O–H groups in total. The first kappa shape index (κ1) is 11.2. The summed E-state index contributed by atoms with van der Waals surface area (Å²) in [5, 5.41) is 3.32. The zero-order valence-corrected chi connectivity index (χ0v) is 9.41. The zero-order valence-electron chi connectivity index (χ0n) is 9.41. The van der Waals surface area contributed by atoms with Gasteiger partial charge in [-0.3, -0.25) is 0 Å². The average molecular weight is 215 g/mol. The van der Waals surface area contributed by atoms with Crippen molar-refractivity contribution in [1.29, 1.82) is 0 Å². The lowest BCUT2D eigenvalue weighted by molar-refractivity contribution is 0.133. The topological polar surface area (TPSA) is 21.3 Å². The van der Waals surface area contributed by atoms with Crippen molar-refractivity contribution >= 4 is 0 Å². The molecule has 1 aliphatic heterocycles. The Hall–Kier alpha value is -1.30. The predicted molar refractivity (Wildman–Crippen MR) is 65.1 cm³/mol. The highest BCUT2D eigenvalue weighted by Gasteiger charge is 2.13. The van der Waals surface area contributed by atoms with E-state index in [4.69, 9.17) is 4.74 Å². The summed E-state index contributed by atoms with van der Waals surface area (Å²) in [6.45, 7) is 3.58. The Morgan fingerprint density at radius 3 is 2.94 bits per heavy atom. The van der Waals surface area contributed by atoms with Gasteiger partial charge < -0.3 is 10.1 Å². The maximum Gasteiger partial charge on any atom is 0.108 e. The standard InChI is InChI=1S/C14H17NO/c1-2-5-13(6-3-1)7-4-10-16-12-14-8-9-15-11-14/h1-3,5-6,14-15H,8-12H2. The summed E-state index contributed by atoms with van der Waals surface area (Å²) in [4.78, 5) is 0. The molecule has 2 rings (SSSR count). The Bertz CT molecular complexity index is 357. The van der Waals surface area contributed by atoms with Gasteiger partial charge in [0.15, 0.2) is 0 Å². The normalized spacial score (nSPS) is 19.1. The van der Waals surface area contributed by atoms with Gasteiger partial charge in [0.2, 0.25) is 0 Å². The maximum atomic E-state index is 5.53. The van der Waals surface area contributed by atoms with Crippen LogP contribution in [0.25, 0.3) is 0 Å². The first-order valence-corrected chi connectivity index (χ1v) is 5.77. The molecule has 1 heterocycles. The molecule has 0 bridgehead atoms. The van der Waals surface area contributed by atoms with E-state index in [-0.39, 0.29) is 0 Å². The van der Waals surface area contributed by atoms with Crippen molar-refractivity contribution in [1.82, 2.24) is 5.32 Å². The number of hydrogen-bond donors (Lipinski definition) is 1. The fraction of sp³-hybridized carbons (Fsp3) is 0.429. The van der Waals surface area contributed by atoms with Crippen molar-refractivity contribution in [3.05, 3.63) is 35.9 Å². The lowest BCUT2D eigenvalue weighted by Gasteiger charge is -2.05. The molecule has 1 unspecified atom stereocenters. The second-order valence-corrected chi connectivity index (χ2v) is 4.04. The van der Waals surface area contributed by atoms with Crippen LogP contribution in [0.3, 0.4) is 0 Å². The zero-order chi connectivity index (χ0) is 11.1. The van der Waals surface area contributed by atoms with E-state index in [1.54, 1.807) is 0 Å². The fourth-order valence-electron chi connectivity index (χ4n) is 1.79. The maximum absolute atomic E-state index is 5.53. The van der Waals surface area contributed by atoms with Gasteiger partial charge in [-0.2, -0.15) is 0 Å². The van der Waals surface area contributed by atoms with Crippen LogP contribution in [-0.2, 0) is 4.74 Å². The lowest BCUT2D eigenvalue weighted by atomic mass is 10.1. The molecule has 0 aliphatic carbocycles. The van der Waals surface area contributed by atoms with Crippen LogP contribution in [0.4, 0.5) is 0 Å². The van der Waals surface area contributed by atoms with Gasteiger partial charge in [0.05, 0.1) is 6.61 Å².